The van der Waals surface area contributed by atoms with E-state index in [4.69, 9.17) is 10.5 Å². The minimum Gasteiger partial charge on any atom is -0.381 e. The number of aromatic nitrogens is 4. The largest absolute Gasteiger partial charge is 0.381 e. The molecule has 2 aliphatic heterocycles. The van der Waals surface area contributed by atoms with Crippen LogP contribution in [0.3, 0.4) is 0 Å². The highest BCUT2D eigenvalue weighted by molar-refractivity contribution is 6.12. The van der Waals surface area contributed by atoms with Gasteiger partial charge in [-0.3, -0.25) is 14.7 Å². The van der Waals surface area contributed by atoms with Crippen LogP contribution in [-0.4, -0.2) is 75.8 Å². The van der Waals surface area contributed by atoms with Crippen LogP contribution < -0.4 is 16.0 Å². The monoisotopic (exact) mass is 454 g/mol. The molecule has 0 radical (unpaired) electrons. The van der Waals surface area contributed by atoms with Crippen molar-refractivity contribution in [3.8, 4) is 0 Å². The summed E-state index contributed by atoms with van der Waals surface area (Å²) in [5, 5.41) is 6.94. The lowest BCUT2D eigenvalue weighted by Gasteiger charge is -2.42. The number of nitrogens with zero attached hydrogens (tertiary/aromatic N) is 6. The SMILES string of the molecule is Cc1cncc(NC(=O)c2c(N)nn3cc(F)cnc23)c1N1CCN(C2CCOCC2)CC1. The summed E-state index contributed by atoms with van der Waals surface area (Å²) in [6, 6.07) is 0.578. The van der Waals surface area contributed by atoms with Crippen molar-refractivity contribution >= 4 is 28.7 Å². The van der Waals surface area contributed by atoms with E-state index in [0.717, 1.165) is 75.9 Å². The summed E-state index contributed by atoms with van der Waals surface area (Å²) in [6.07, 6.45) is 7.75. The number of pyridine rings is 1. The second-order valence-electron chi connectivity index (χ2n) is 8.47. The molecule has 0 aromatic carbocycles. The van der Waals surface area contributed by atoms with Crippen LogP contribution in [0.25, 0.3) is 5.65 Å². The number of piperazine rings is 1. The topological polar surface area (TPSA) is 114 Å². The predicted molar refractivity (Wildman–Crippen MR) is 122 cm³/mol. The van der Waals surface area contributed by atoms with Gasteiger partial charge in [-0.1, -0.05) is 0 Å². The molecule has 1 amide bonds. The van der Waals surface area contributed by atoms with Gasteiger partial charge in [-0.15, -0.1) is 5.10 Å². The van der Waals surface area contributed by atoms with Crippen molar-refractivity contribution in [3.63, 3.8) is 0 Å². The van der Waals surface area contributed by atoms with Gasteiger partial charge in [-0.25, -0.2) is 13.9 Å². The summed E-state index contributed by atoms with van der Waals surface area (Å²) in [6.45, 7) is 7.26. The number of fused-ring (bicyclic) bond motifs is 1. The molecule has 10 nitrogen and oxygen atoms in total. The van der Waals surface area contributed by atoms with Crippen LogP contribution in [0.2, 0.25) is 0 Å². The first-order valence-electron chi connectivity index (χ1n) is 11.1. The Kier molecular flexibility index (Phi) is 5.81. The number of carbonyl (C=O) groups is 1. The third-order valence-electron chi connectivity index (χ3n) is 6.38. The van der Waals surface area contributed by atoms with Crippen LogP contribution in [0.15, 0.2) is 24.8 Å². The van der Waals surface area contributed by atoms with Crippen LogP contribution in [0, 0.1) is 12.7 Å². The summed E-state index contributed by atoms with van der Waals surface area (Å²) < 4.78 is 20.2. The summed E-state index contributed by atoms with van der Waals surface area (Å²) in [5.74, 6) is -1.05. The molecule has 3 N–H and O–H groups in total. The Morgan fingerprint density at radius 2 is 1.94 bits per heavy atom. The van der Waals surface area contributed by atoms with Crippen molar-refractivity contribution in [1.29, 1.82) is 0 Å². The number of hydrogen-bond donors (Lipinski definition) is 2. The van der Waals surface area contributed by atoms with Crippen molar-refractivity contribution in [2.75, 3.05) is 55.3 Å². The van der Waals surface area contributed by atoms with Gasteiger partial charge in [0.2, 0.25) is 0 Å². The summed E-state index contributed by atoms with van der Waals surface area (Å²) in [7, 11) is 0. The molecular weight excluding hydrogens is 427 g/mol. The molecule has 11 heteroatoms. The lowest BCUT2D eigenvalue weighted by molar-refractivity contribution is 0.0321. The zero-order valence-corrected chi connectivity index (χ0v) is 18.5. The number of nitrogens with one attached hydrogen (secondary N) is 1. The standard InChI is InChI=1S/C22H27FN8O2/c1-14-10-25-12-17(19(14)30-6-4-29(5-7-30)16-2-8-33-9-3-16)27-22(32)18-20(24)28-31-13-15(23)11-26-21(18)31/h10-13,16H,2-9H2,1H3,(H2,24,28)(H,27,32). The number of ether oxygens (including phenoxy) is 1. The number of carbonyl (C=O) groups excluding carboxylic acids is 1. The second-order valence-corrected chi connectivity index (χ2v) is 8.47. The fourth-order valence-corrected chi connectivity index (χ4v) is 4.76. The first-order valence-corrected chi connectivity index (χ1v) is 11.1. The zero-order chi connectivity index (χ0) is 22.9. The van der Waals surface area contributed by atoms with E-state index in [2.05, 4.69) is 30.2 Å². The Balaban J connectivity index is 1.36. The molecule has 0 saturated carbocycles. The van der Waals surface area contributed by atoms with Gasteiger partial charge in [-0.2, -0.15) is 0 Å². The molecular formula is C22H27FN8O2. The van der Waals surface area contributed by atoms with Crippen LogP contribution in [0.4, 0.5) is 21.6 Å². The maximum Gasteiger partial charge on any atom is 0.263 e. The molecule has 3 aromatic rings. The maximum atomic E-state index is 13.5. The third-order valence-corrected chi connectivity index (χ3v) is 6.38. The van der Waals surface area contributed by atoms with E-state index in [1.807, 2.05) is 6.92 Å². The average Bonchev–Trinajstić information content (AvgIpc) is 3.15. The molecule has 2 aliphatic rings. The summed E-state index contributed by atoms with van der Waals surface area (Å²) in [4.78, 5) is 26.2. The normalized spacial score (nSPS) is 18.1. The molecule has 2 fully saturated rings. The van der Waals surface area contributed by atoms with E-state index in [1.54, 1.807) is 12.4 Å². The molecule has 5 rings (SSSR count). The van der Waals surface area contributed by atoms with Gasteiger partial charge in [-0.05, 0) is 25.3 Å². The third kappa shape index (κ3) is 4.21. The average molecular weight is 455 g/mol. The number of rotatable bonds is 4. The number of halogens is 1. The van der Waals surface area contributed by atoms with E-state index in [0.29, 0.717) is 11.7 Å². The highest BCUT2D eigenvalue weighted by atomic mass is 19.1. The van der Waals surface area contributed by atoms with Crippen LogP contribution in [0.1, 0.15) is 28.8 Å². The first-order chi connectivity index (χ1) is 16.0. The molecule has 33 heavy (non-hydrogen) atoms. The number of aryl methyl sites for hydroxylation is 1. The van der Waals surface area contributed by atoms with Gasteiger partial charge < -0.3 is 20.7 Å². The zero-order valence-electron chi connectivity index (χ0n) is 18.5. The Hall–Kier alpha value is -3.31. The van der Waals surface area contributed by atoms with Gasteiger partial charge >= 0.3 is 0 Å². The van der Waals surface area contributed by atoms with Crippen molar-refractivity contribution in [2.45, 2.75) is 25.8 Å². The number of anilines is 3. The van der Waals surface area contributed by atoms with Crippen molar-refractivity contribution in [1.82, 2.24) is 24.5 Å². The van der Waals surface area contributed by atoms with E-state index < -0.39 is 11.7 Å². The van der Waals surface area contributed by atoms with E-state index in [9.17, 15) is 9.18 Å². The van der Waals surface area contributed by atoms with Crippen LogP contribution >= 0.6 is 0 Å². The van der Waals surface area contributed by atoms with Gasteiger partial charge in [0.05, 0.1) is 30.0 Å². The Labute approximate surface area is 190 Å². The first kappa shape index (κ1) is 21.5. The fourth-order valence-electron chi connectivity index (χ4n) is 4.76. The lowest BCUT2D eigenvalue weighted by Crippen LogP contribution is -2.52. The second kappa shape index (κ2) is 8.91. The number of hydrogen-bond acceptors (Lipinski definition) is 8. The number of nitrogens with two attached hydrogens (primary N) is 1. The van der Waals surface area contributed by atoms with Crippen molar-refractivity contribution in [2.24, 2.45) is 0 Å². The van der Waals surface area contributed by atoms with E-state index >= 15 is 0 Å². The molecule has 0 unspecified atom stereocenters. The molecule has 0 aliphatic carbocycles. The highest BCUT2D eigenvalue weighted by Crippen LogP contribution is 2.31. The predicted octanol–water partition coefficient (Wildman–Crippen LogP) is 1.71. The lowest BCUT2D eigenvalue weighted by atomic mass is 10.1. The van der Waals surface area contributed by atoms with E-state index in [-0.39, 0.29) is 17.0 Å². The van der Waals surface area contributed by atoms with Gasteiger partial charge in [0.25, 0.3) is 5.91 Å². The number of nitrogen functional groups attached to an aromatic ring is 1. The summed E-state index contributed by atoms with van der Waals surface area (Å²) in [5.41, 5.74) is 8.77. The van der Waals surface area contributed by atoms with Crippen LogP contribution in [0.5, 0.6) is 0 Å². The maximum absolute atomic E-state index is 13.5. The molecule has 174 valence electrons. The Morgan fingerprint density at radius 1 is 1.18 bits per heavy atom. The van der Waals surface area contributed by atoms with Gasteiger partial charge in [0.15, 0.2) is 17.3 Å². The summed E-state index contributed by atoms with van der Waals surface area (Å²) >= 11 is 0. The van der Waals surface area contributed by atoms with Crippen LogP contribution in [-0.2, 0) is 4.74 Å². The van der Waals surface area contributed by atoms with Crippen molar-refractivity contribution < 1.29 is 13.9 Å². The molecule has 2 saturated heterocycles. The van der Waals surface area contributed by atoms with E-state index in [1.165, 1.54) is 4.52 Å². The number of amides is 1. The van der Waals surface area contributed by atoms with Gasteiger partial charge in [0, 0.05) is 51.6 Å². The molecule has 0 spiro atoms. The molecule has 0 bridgehead atoms. The minimum atomic E-state index is -0.568. The Bertz CT molecular complexity index is 1170. The Morgan fingerprint density at radius 3 is 2.70 bits per heavy atom. The fraction of sp³-hybridized carbons (Fsp3) is 0.455. The minimum absolute atomic E-state index is 0.0159. The molecule has 3 aromatic heterocycles. The quantitative estimate of drug-likeness (QED) is 0.613. The smallest absolute Gasteiger partial charge is 0.263 e. The molecule has 0 atom stereocenters. The molecule has 5 heterocycles. The van der Waals surface area contributed by atoms with Gasteiger partial charge in [0.1, 0.15) is 5.56 Å². The highest BCUT2D eigenvalue weighted by Gasteiger charge is 2.28. The van der Waals surface area contributed by atoms with Crippen molar-refractivity contribution in [3.05, 3.63) is 41.7 Å².